The fourth-order valence-electron chi connectivity index (χ4n) is 1.43. The number of oxime groups is 1. The molecular formula is C14H12NO2. The molecular weight excluding hydrogens is 214 g/mol. The summed E-state index contributed by atoms with van der Waals surface area (Å²) in [5.74, 6) is 0.803. The summed E-state index contributed by atoms with van der Waals surface area (Å²) >= 11 is 0. The van der Waals surface area contributed by atoms with E-state index in [4.69, 9.17) is 9.94 Å². The van der Waals surface area contributed by atoms with Gasteiger partial charge in [0.25, 0.3) is 5.90 Å². The van der Waals surface area contributed by atoms with Crippen LogP contribution in [-0.4, -0.2) is 11.1 Å². The van der Waals surface area contributed by atoms with Crippen LogP contribution in [0.1, 0.15) is 11.1 Å². The van der Waals surface area contributed by atoms with Gasteiger partial charge in [-0.25, -0.2) is 0 Å². The lowest BCUT2D eigenvalue weighted by Crippen LogP contribution is -2.11. The Bertz CT molecular complexity index is 521. The van der Waals surface area contributed by atoms with Gasteiger partial charge in [0.1, 0.15) is 5.75 Å². The molecule has 2 aromatic carbocycles. The van der Waals surface area contributed by atoms with Gasteiger partial charge in [-0.05, 0) is 35.8 Å². The number of hydrogen-bond acceptors (Lipinski definition) is 3. The van der Waals surface area contributed by atoms with Gasteiger partial charge in [0.05, 0.1) is 0 Å². The Labute approximate surface area is 100.0 Å². The van der Waals surface area contributed by atoms with Crippen LogP contribution in [0.4, 0.5) is 0 Å². The van der Waals surface area contributed by atoms with Crippen LogP contribution in [0.2, 0.25) is 0 Å². The van der Waals surface area contributed by atoms with Gasteiger partial charge in [-0.1, -0.05) is 36.4 Å². The van der Waals surface area contributed by atoms with Gasteiger partial charge in [-0.15, -0.1) is 0 Å². The van der Waals surface area contributed by atoms with Gasteiger partial charge < -0.3 is 9.94 Å². The zero-order valence-electron chi connectivity index (χ0n) is 9.42. The van der Waals surface area contributed by atoms with E-state index in [2.05, 4.69) is 11.2 Å². The Morgan fingerprint density at radius 3 is 2.59 bits per heavy atom. The molecule has 3 heteroatoms. The lowest BCUT2D eigenvalue weighted by Gasteiger charge is -2.09. The summed E-state index contributed by atoms with van der Waals surface area (Å²) in [7, 11) is 0. The molecule has 0 aromatic heterocycles. The van der Waals surface area contributed by atoms with Gasteiger partial charge in [0.2, 0.25) is 0 Å². The van der Waals surface area contributed by atoms with Crippen molar-refractivity contribution in [3.63, 3.8) is 0 Å². The third kappa shape index (κ3) is 2.64. The Morgan fingerprint density at radius 1 is 1.18 bits per heavy atom. The minimum absolute atomic E-state index is 0.139. The predicted molar refractivity (Wildman–Crippen MR) is 65.4 cm³/mol. The second-order valence-corrected chi connectivity index (χ2v) is 3.55. The molecule has 0 aliphatic heterocycles. The molecule has 2 aromatic rings. The lowest BCUT2D eigenvalue weighted by molar-refractivity contribution is 0.304. The topological polar surface area (TPSA) is 41.8 Å². The van der Waals surface area contributed by atoms with E-state index in [-0.39, 0.29) is 5.90 Å². The van der Waals surface area contributed by atoms with E-state index >= 15 is 0 Å². The molecule has 2 rings (SSSR count). The molecule has 85 valence electrons. The molecule has 0 aliphatic carbocycles. The van der Waals surface area contributed by atoms with Gasteiger partial charge >= 0.3 is 0 Å². The van der Waals surface area contributed by atoms with E-state index in [1.165, 1.54) is 0 Å². The molecule has 0 atom stereocenters. The van der Waals surface area contributed by atoms with Crippen molar-refractivity contribution in [3.05, 3.63) is 65.7 Å². The molecule has 0 unspecified atom stereocenters. The van der Waals surface area contributed by atoms with Crippen molar-refractivity contribution in [2.24, 2.45) is 5.16 Å². The number of ether oxygens (including phenoxy) is 1. The number of nitrogens with zero attached hydrogens (tertiary/aromatic N) is 1. The van der Waals surface area contributed by atoms with Gasteiger partial charge in [-0.3, -0.25) is 0 Å². The number of para-hydroxylation sites is 1. The molecule has 0 saturated heterocycles. The monoisotopic (exact) mass is 226 g/mol. The molecule has 0 heterocycles. The smallest absolute Gasteiger partial charge is 0.263 e. The van der Waals surface area contributed by atoms with E-state index in [0.29, 0.717) is 11.3 Å². The lowest BCUT2D eigenvalue weighted by atomic mass is 10.2. The molecule has 17 heavy (non-hydrogen) atoms. The van der Waals surface area contributed by atoms with E-state index in [1.807, 2.05) is 43.3 Å². The molecule has 0 saturated carbocycles. The zero-order chi connectivity index (χ0) is 12.1. The molecule has 0 aliphatic rings. The van der Waals surface area contributed by atoms with Crippen LogP contribution in [0.25, 0.3) is 0 Å². The van der Waals surface area contributed by atoms with Crippen molar-refractivity contribution < 1.29 is 9.94 Å². The highest BCUT2D eigenvalue weighted by molar-refractivity contribution is 5.95. The maximum atomic E-state index is 8.97. The summed E-state index contributed by atoms with van der Waals surface area (Å²) in [6, 6.07) is 17.7. The number of rotatable bonds is 2. The molecule has 3 nitrogen and oxygen atoms in total. The van der Waals surface area contributed by atoms with Crippen LogP contribution in [0, 0.1) is 13.0 Å². The van der Waals surface area contributed by atoms with E-state index in [1.54, 1.807) is 12.1 Å². The van der Waals surface area contributed by atoms with Gasteiger partial charge in [0.15, 0.2) is 0 Å². The average molecular weight is 226 g/mol. The number of benzene rings is 2. The minimum atomic E-state index is 0.139. The highest BCUT2D eigenvalue weighted by atomic mass is 16.5. The largest absolute Gasteiger partial charge is 0.436 e. The summed E-state index contributed by atoms with van der Waals surface area (Å²) in [5.41, 5.74) is 1.59. The van der Waals surface area contributed by atoms with Gasteiger partial charge in [0, 0.05) is 5.56 Å². The maximum absolute atomic E-state index is 8.97. The maximum Gasteiger partial charge on any atom is 0.263 e. The normalized spacial score (nSPS) is 11.2. The zero-order valence-corrected chi connectivity index (χ0v) is 9.42. The summed E-state index contributed by atoms with van der Waals surface area (Å²) in [5, 5.41) is 12.1. The summed E-state index contributed by atoms with van der Waals surface area (Å²) < 4.78 is 5.55. The number of aryl methyl sites for hydroxylation is 1. The van der Waals surface area contributed by atoms with E-state index in [9.17, 15) is 0 Å². The second-order valence-electron chi connectivity index (χ2n) is 3.55. The van der Waals surface area contributed by atoms with Crippen LogP contribution in [0.3, 0.4) is 0 Å². The SMILES string of the molecule is Cc1ccccc1OC(=NO)c1[c]cccc1. The van der Waals surface area contributed by atoms with Crippen molar-refractivity contribution in [3.8, 4) is 5.75 Å². The average Bonchev–Trinajstić information content (AvgIpc) is 2.39. The fourth-order valence-corrected chi connectivity index (χ4v) is 1.43. The fraction of sp³-hybridized carbons (Fsp3) is 0.0714. The second kappa shape index (κ2) is 5.16. The van der Waals surface area contributed by atoms with Crippen LogP contribution in [0.15, 0.2) is 53.7 Å². The third-order valence-electron chi connectivity index (χ3n) is 2.33. The van der Waals surface area contributed by atoms with Crippen molar-refractivity contribution in [1.82, 2.24) is 0 Å². The predicted octanol–water partition coefficient (Wildman–Crippen LogP) is 3.01. The molecule has 0 amide bonds. The molecule has 0 fully saturated rings. The van der Waals surface area contributed by atoms with Crippen LogP contribution >= 0.6 is 0 Å². The molecule has 1 radical (unpaired) electrons. The summed E-state index contributed by atoms with van der Waals surface area (Å²) in [6.07, 6.45) is 0. The van der Waals surface area contributed by atoms with E-state index < -0.39 is 0 Å². The van der Waals surface area contributed by atoms with Crippen molar-refractivity contribution in [2.45, 2.75) is 6.92 Å². The Kier molecular flexibility index (Phi) is 3.40. The molecule has 0 spiro atoms. The first kappa shape index (κ1) is 11.2. The highest BCUT2D eigenvalue weighted by Gasteiger charge is 2.08. The van der Waals surface area contributed by atoms with Gasteiger partial charge in [-0.2, -0.15) is 0 Å². The Balaban J connectivity index is 2.26. The minimum Gasteiger partial charge on any atom is -0.436 e. The summed E-state index contributed by atoms with van der Waals surface area (Å²) in [6.45, 7) is 1.93. The highest BCUT2D eigenvalue weighted by Crippen LogP contribution is 2.18. The molecule has 1 N–H and O–H groups in total. The standard InChI is InChI=1S/C14H12NO2/c1-11-7-5-6-10-13(11)17-14(15-16)12-8-3-2-4-9-12/h2-8,10,16H,1H3. The van der Waals surface area contributed by atoms with E-state index in [0.717, 1.165) is 5.56 Å². The van der Waals surface area contributed by atoms with Crippen LogP contribution in [0.5, 0.6) is 5.75 Å². The van der Waals surface area contributed by atoms with Crippen LogP contribution < -0.4 is 4.74 Å². The third-order valence-corrected chi connectivity index (χ3v) is 2.33. The first-order valence-corrected chi connectivity index (χ1v) is 5.24. The van der Waals surface area contributed by atoms with Crippen molar-refractivity contribution >= 4 is 5.90 Å². The van der Waals surface area contributed by atoms with Crippen molar-refractivity contribution in [2.75, 3.05) is 0 Å². The van der Waals surface area contributed by atoms with Crippen LogP contribution in [-0.2, 0) is 0 Å². The Hall–Kier alpha value is -2.29. The first-order chi connectivity index (χ1) is 8.31. The summed E-state index contributed by atoms with van der Waals surface area (Å²) in [4.78, 5) is 0. The number of hydrogen-bond donors (Lipinski definition) is 1. The first-order valence-electron chi connectivity index (χ1n) is 5.24. The Morgan fingerprint density at radius 2 is 1.94 bits per heavy atom. The van der Waals surface area contributed by atoms with Crippen molar-refractivity contribution in [1.29, 1.82) is 0 Å². The molecule has 0 bridgehead atoms. The quantitative estimate of drug-likeness (QED) is 0.370.